The Morgan fingerprint density at radius 3 is 2.21 bits per heavy atom. The number of amides is 1. The summed E-state index contributed by atoms with van der Waals surface area (Å²) in [5.74, 6) is 0.751. The number of anilines is 1. The molecule has 1 fully saturated rings. The van der Waals surface area contributed by atoms with Crippen molar-refractivity contribution in [3.63, 3.8) is 0 Å². The number of carbonyl (C=O) groups excluding carboxylic acids is 1. The second kappa shape index (κ2) is 8.39. The van der Waals surface area contributed by atoms with Crippen molar-refractivity contribution in [1.29, 1.82) is 0 Å². The minimum Gasteiger partial charge on any atom is -0.484 e. The van der Waals surface area contributed by atoms with Gasteiger partial charge in [-0.2, -0.15) is 5.10 Å². The fraction of sp³-hybridized carbons (Fsp3) is 0.304. The lowest BCUT2D eigenvalue weighted by Crippen LogP contribution is -2.50. The number of hydrogen-bond acceptors (Lipinski definition) is 4. The van der Waals surface area contributed by atoms with E-state index < -0.39 is 0 Å². The number of aryl methyl sites for hydroxylation is 1. The molecule has 1 saturated heterocycles. The first-order valence-corrected chi connectivity index (χ1v) is 9.95. The van der Waals surface area contributed by atoms with Crippen molar-refractivity contribution in [3.05, 3.63) is 72.1 Å². The van der Waals surface area contributed by atoms with E-state index in [4.69, 9.17) is 9.84 Å². The van der Waals surface area contributed by atoms with Crippen LogP contribution in [0.15, 0.2) is 60.7 Å². The molecule has 1 aliphatic heterocycles. The van der Waals surface area contributed by atoms with Crippen LogP contribution >= 0.6 is 0 Å². The summed E-state index contributed by atoms with van der Waals surface area (Å²) >= 11 is 0. The van der Waals surface area contributed by atoms with Crippen LogP contribution in [0.5, 0.6) is 5.75 Å². The zero-order valence-electron chi connectivity index (χ0n) is 16.9. The SMILES string of the molecule is Cc1nn(-c2ccccc2)c(C)c1N1CCN(C(=O)COc2ccccc2)CC1. The van der Waals surface area contributed by atoms with E-state index in [1.54, 1.807) is 0 Å². The van der Waals surface area contributed by atoms with Crippen LogP contribution in [0.4, 0.5) is 5.69 Å². The van der Waals surface area contributed by atoms with Crippen LogP contribution in [0, 0.1) is 13.8 Å². The quantitative estimate of drug-likeness (QED) is 0.671. The van der Waals surface area contributed by atoms with Crippen molar-refractivity contribution in [2.75, 3.05) is 37.7 Å². The molecule has 0 spiro atoms. The molecule has 3 aromatic rings. The third kappa shape index (κ3) is 4.11. The summed E-state index contributed by atoms with van der Waals surface area (Å²) in [7, 11) is 0. The Balaban J connectivity index is 1.38. The highest BCUT2D eigenvalue weighted by atomic mass is 16.5. The fourth-order valence-electron chi connectivity index (χ4n) is 3.85. The molecule has 6 heteroatoms. The van der Waals surface area contributed by atoms with Gasteiger partial charge in [-0.15, -0.1) is 0 Å². The molecule has 0 radical (unpaired) electrons. The van der Waals surface area contributed by atoms with E-state index in [-0.39, 0.29) is 12.5 Å². The maximum absolute atomic E-state index is 12.5. The highest BCUT2D eigenvalue weighted by Gasteiger charge is 2.25. The summed E-state index contributed by atoms with van der Waals surface area (Å²) < 4.78 is 7.60. The third-order valence-corrected chi connectivity index (χ3v) is 5.31. The van der Waals surface area contributed by atoms with Crippen LogP contribution in [-0.4, -0.2) is 53.4 Å². The molecule has 1 aromatic heterocycles. The molecular formula is C23H26N4O2. The monoisotopic (exact) mass is 390 g/mol. The van der Waals surface area contributed by atoms with Gasteiger partial charge in [0.25, 0.3) is 5.91 Å². The van der Waals surface area contributed by atoms with Crippen LogP contribution in [0.2, 0.25) is 0 Å². The van der Waals surface area contributed by atoms with Gasteiger partial charge in [0.05, 0.1) is 22.8 Å². The van der Waals surface area contributed by atoms with Crippen molar-refractivity contribution >= 4 is 11.6 Å². The number of aromatic nitrogens is 2. The summed E-state index contributed by atoms with van der Waals surface area (Å²) in [4.78, 5) is 16.7. The fourth-order valence-corrected chi connectivity index (χ4v) is 3.85. The molecule has 4 rings (SSSR count). The van der Waals surface area contributed by atoms with Crippen molar-refractivity contribution in [1.82, 2.24) is 14.7 Å². The second-order valence-corrected chi connectivity index (χ2v) is 7.24. The van der Waals surface area contributed by atoms with Crippen LogP contribution < -0.4 is 9.64 Å². The predicted molar refractivity (Wildman–Crippen MR) is 114 cm³/mol. The molecule has 2 heterocycles. The van der Waals surface area contributed by atoms with Crippen molar-refractivity contribution in [2.45, 2.75) is 13.8 Å². The highest BCUT2D eigenvalue weighted by Crippen LogP contribution is 2.27. The lowest BCUT2D eigenvalue weighted by molar-refractivity contribution is -0.133. The number of para-hydroxylation sites is 2. The number of rotatable bonds is 5. The van der Waals surface area contributed by atoms with E-state index in [0.29, 0.717) is 13.1 Å². The number of ether oxygens (including phenoxy) is 1. The number of piperazine rings is 1. The third-order valence-electron chi connectivity index (χ3n) is 5.31. The zero-order chi connectivity index (χ0) is 20.2. The Morgan fingerprint density at radius 2 is 1.55 bits per heavy atom. The average molecular weight is 390 g/mol. The van der Waals surface area contributed by atoms with E-state index in [1.807, 2.05) is 65.0 Å². The molecule has 0 atom stereocenters. The molecule has 29 heavy (non-hydrogen) atoms. The lowest BCUT2D eigenvalue weighted by Gasteiger charge is -2.36. The van der Waals surface area contributed by atoms with E-state index in [0.717, 1.165) is 35.9 Å². The number of hydrogen-bond donors (Lipinski definition) is 0. The van der Waals surface area contributed by atoms with Crippen LogP contribution in [0.1, 0.15) is 11.4 Å². The van der Waals surface area contributed by atoms with Gasteiger partial charge in [-0.1, -0.05) is 36.4 Å². The van der Waals surface area contributed by atoms with Crippen molar-refractivity contribution in [2.24, 2.45) is 0 Å². The Labute approximate surface area is 171 Å². The molecule has 0 bridgehead atoms. The van der Waals surface area contributed by atoms with Gasteiger partial charge < -0.3 is 14.5 Å². The minimum atomic E-state index is 0.0296. The summed E-state index contributed by atoms with van der Waals surface area (Å²) in [6.45, 7) is 7.19. The Hall–Kier alpha value is -3.28. The molecule has 0 saturated carbocycles. The molecular weight excluding hydrogens is 364 g/mol. The molecule has 150 valence electrons. The largest absolute Gasteiger partial charge is 0.484 e. The molecule has 0 unspecified atom stereocenters. The molecule has 1 amide bonds. The predicted octanol–water partition coefficient (Wildman–Crippen LogP) is 3.22. The first kappa shape index (κ1) is 19.1. The van der Waals surface area contributed by atoms with Crippen LogP contribution in [-0.2, 0) is 4.79 Å². The normalized spacial score (nSPS) is 14.1. The highest BCUT2D eigenvalue weighted by molar-refractivity contribution is 5.78. The minimum absolute atomic E-state index is 0.0296. The molecule has 0 aliphatic carbocycles. The summed E-state index contributed by atoms with van der Waals surface area (Å²) in [5.41, 5.74) is 4.37. The topological polar surface area (TPSA) is 50.6 Å². The van der Waals surface area contributed by atoms with Gasteiger partial charge in [0.2, 0.25) is 0 Å². The summed E-state index contributed by atoms with van der Waals surface area (Å²) in [6.07, 6.45) is 0. The Bertz CT molecular complexity index is 961. The first-order valence-electron chi connectivity index (χ1n) is 9.95. The van der Waals surface area contributed by atoms with Crippen molar-refractivity contribution < 1.29 is 9.53 Å². The zero-order valence-corrected chi connectivity index (χ0v) is 16.9. The van der Waals surface area contributed by atoms with Crippen LogP contribution in [0.25, 0.3) is 5.69 Å². The molecule has 6 nitrogen and oxygen atoms in total. The summed E-state index contributed by atoms with van der Waals surface area (Å²) in [5, 5.41) is 4.75. The Kier molecular flexibility index (Phi) is 5.51. The van der Waals surface area contributed by atoms with Gasteiger partial charge in [0.15, 0.2) is 6.61 Å². The number of nitrogens with zero attached hydrogens (tertiary/aromatic N) is 4. The number of benzene rings is 2. The average Bonchev–Trinajstić information content (AvgIpc) is 3.07. The molecule has 2 aromatic carbocycles. The van der Waals surface area contributed by atoms with Gasteiger partial charge in [-0.25, -0.2) is 4.68 Å². The first-order chi connectivity index (χ1) is 14.1. The smallest absolute Gasteiger partial charge is 0.260 e. The van der Waals surface area contributed by atoms with Crippen LogP contribution in [0.3, 0.4) is 0 Å². The van der Waals surface area contributed by atoms with Gasteiger partial charge >= 0.3 is 0 Å². The maximum atomic E-state index is 12.5. The van der Waals surface area contributed by atoms with E-state index in [9.17, 15) is 4.79 Å². The molecule has 0 N–H and O–H groups in total. The number of carbonyl (C=O) groups is 1. The Morgan fingerprint density at radius 1 is 0.931 bits per heavy atom. The standard InChI is InChI=1S/C23H26N4O2/c1-18-23(19(2)27(24-18)20-9-5-3-6-10-20)26-15-13-25(14-16-26)22(28)17-29-21-11-7-4-8-12-21/h3-12H,13-17H2,1-2H3. The maximum Gasteiger partial charge on any atom is 0.260 e. The van der Waals surface area contributed by atoms with E-state index in [2.05, 4.69) is 24.0 Å². The lowest BCUT2D eigenvalue weighted by atomic mass is 10.2. The van der Waals surface area contributed by atoms with Gasteiger partial charge in [-0.3, -0.25) is 4.79 Å². The van der Waals surface area contributed by atoms with Gasteiger partial charge in [0, 0.05) is 26.2 Å². The molecule has 1 aliphatic rings. The van der Waals surface area contributed by atoms with Gasteiger partial charge in [-0.05, 0) is 38.1 Å². The van der Waals surface area contributed by atoms with Gasteiger partial charge in [0.1, 0.15) is 5.75 Å². The summed E-state index contributed by atoms with van der Waals surface area (Å²) in [6, 6.07) is 19.6. The van der Waals surface area contributed by atoms with Crippen molar-refractivity contribution in [3.8, 4) is 11.4 Å². The van der Waals surface area contributed by atoms with E-state index >= 15 is 0 Å². The van der Waals surface area contributed by atoms with E-state index in [1.165, 1.54) is 5.69 Å². The second-order valence-electron chi connectivity index (χ2n) is 7.24.